The van der Waals surface area contributed by atoms with Crippen molar-refractivity contribution < 1.29 is 43.2 Å². The van der Waals surface area contributed by atoms with Gasteiger partial charge in [-0.05, 0) is 42.5 Å². The van der Waals surface area contributed by atoms with Gasteiger partial charge < -0.3 is 52.8 Å². The minimum atomic E-state index is -1.52. The van der Waals surface area contributed by atoms with Crippen molar-refractivity contribution in [2.75, 3.05) is 26.7 Å². The Morgan fingerprint density at radius 1 is 0.797 bits per heavy atom. The van der Waals surface area contributed by atoms with E-state index >= 15 is 0 Å². The summed E-state index contributed by atoms with van der Waals surface area (Å²) in [5.41, 5.74) is 1.11. The summed E-state index contributed by atoms with van der Waals surface area (Å²) < 4.78 is 0. The van der Waals surface area contributed by atoms with Gasteiger partial charge in [0.2, 0.25) is 53.2 Å². The summed E-state index contributed by atoms with van der Waals surface area (Å²) in [6.45, 7) is 1.65. The third kappa shape index (κ3) is 14.2. The molecule has 1 saturated heterocycles. The van der Waals surface area contributed by atoms with Gasteiger partial charge in [-0.3, -0.25) is 43.2 Å². The van der Waals surface area contributed by atoms with Gasteiger partial charge in [0.1, 0.15) is 30.2 Å². The molecule has 2 aromatic carbocycles. The molecule has 20 nitrogen and oxygen atoms in total. The number of H-pyrrole nitrogens is 1. The number of aromatic nitrogens is 2. The maximum absolute atomic E-state index is 14.2. The van der Waals surface area contributed by atoms with Crippen LogP contribution in [0, 0.1) is 0 Å². The van der Waals surface area contributed by atoms with Gasteiger partial charge in [-0.15, -0.1) is 0 Å². The van der Waals surface area contributed by atoms with Gasteiger partial charge >= 0.3 is 0 Å². The van der Waals surface area contributed by atoms with Crippen LogP contribution in [0.25, 0.3) is 10.8 Å². The van der Waals surface area contributed by atoms with Crippen molar-refractivity contribution in [3.8, 4) is 0 Å². The molecule has 10 N–H and O–H groups in total. The predicted molar refractivity (Wildman–Crippen MR) is 213 cm³/mol. The van der Waals surface area contributed by atoms with E-state index in [4.69, 9.17) is 0 Å². The fourth-order valence-electron chi connectivity index (χ4n) is 6.28. The second-order valence-corrected chi connectivity index (χ2v) is 14.0. The number of rotatable bonds is 8. The number of hydrogen-bond donors (Lipinski definition) is 10. The van der Waals surface area contributed by atoms with Gasteiger partial charge in [0, 0.05) is 45.2 Å². The molecule has 9 amide bonds. The lowest BCUT2D eigenvalue weighted by molar-refractivity contribution is -0.135. The van der Waals surface area contributed by atoms with E-state index in [1.165, 1.54) is 33.4 Å². The minimum absolute atomic E-state index is 0.0486. The summed E-state index contributed by atoms with van der Waals surface area (Å²) in [6.07, 6.45) is 2.95. The second-order valence-electron chi connectivity index (χ2n) is 14.0. The average molecular weight is 818 g/mol. The van der Waals surface area contributed by atoms with Crippen LogP contribution in [0.5, 0.6) is 0 Å². The number of carbonyl (C=O) groups is 9. The third-order valence-electron chi connectivity index (χ3n) is 9.40. The van der Waals surface area contributed by atoms with Crippen LogP contribution >= 0.6 is 0 Å². The van der Waals surface area contributed by atoms with Gasteiger partial charge in [0.05, 0.1) is 25.8 Å². The van der Waals surface area contributed by atoms with E-state index in [1.54, 1.807) is 12.1 Å². The first-order valence-electron chi connectivity index (χ1n) is 19.2. The molecule has 1 fully saturated rings. The first-order chi connectivity index (χ1) is 28.2. The number of carbonyl (C=O) groups excluding carboxylic acids is 9. The van der Waals surface area contributed by atoms with Crippen molar-refractivity contribution in [1.29, 1.82) is 0 Å². The molecule has 1 aromatic heterocycles. The van der Waals surface area contributed by atoms with Crippen molar-refractivity contribution >= 4 is 63.9 Å². The molecule has 0 bridgehead atoms. The van der Waals surface area contributed by atoms with Crippen molar-refractivity contribution in [1.82, 2.24) is 57.8 Å². The molecule has 20 heteroatoms. The molecule has 59 heavy (non-hydrogen) atoms. The summed E-state index contributed by atoms with van der Waals surface area (Å²) in [6, 6.07) is 6.60. The van der Waals surface area contributed by atoms with Crippen LogP contribution in [0.4, 0.5) is 0 Å². The maximum Gasteiger partial charge on any atom is 0.243 e. The Bertz CT molecular complexity index is 2000. The van der Waals surface area contributed by atoms with Crippen molar-refractivity contribution in [3.63, 3.8) is 0 Å². The van der Waals surface area contributed by atoms with E-state index in [9.17, 15) is 43.2 Å². The number of fused-ring (bicyclic) bond motifs is 1. The number of imidazole rings is 1. The van der Waals surface area contributed by atoms with Crippen LogP contribution in [0.2, 0.25) is 0 Å². The smallest absolute Gasteiger partial charge is 0.243 e. The van der Waals surface area contributed by atoms with Crippen LogP contribution in [-0.2, 0) is 56.0 Å². The first kappa shape index (κ1) is 44.8. The predicted octanol–water partition coefficient (Wildman–Crippen LogP) is -2.52. The molecule has 0 radical (unpaired) electrons. The highest BCUT2D eigenvalue weighted by atomic mass is 16.2. The van der Waals surface area contributed by atoms with Gasteiger partial charge in [0.15, 0.2) is 0 Å². The topological polar surface area (TPSA) is 291 Å². The Balaban J connectivity index is 1.68. The molecular formula is C39H51N11O9. The van der Waals surface area contributed by atoms with Crippen LogP contribution in [0.1, 0.15) is 50.8 Å². The average Bonchev–Trinajstić information content (AvgIpc) is 3.73. The molecule has 0 aliphatic carbocycles. The summed E-state index contributed by atoms with van der Waals surface area (Å²) in [5, 5.41) is 24.5. The summed E-state index contributed by atoms with van der Waals surface area (Å²) in [7, 11) is 1.41. The van der Waals surface area contributed by atoms with E-state index in [-0.39, 0.29) is 25.8 Å². The highest BCUT2D eigenvalue weighted by Crippen LogP contribution is 2.20. The Morgan fingerprint density at radius 3 is 2.25 bits per heavy atom. The van der Waals surface area contributed by atoms with E-state index in [0.717, 1.165) is 10.8 Å². The number of aromatic amines is 1. The third-order valence-corrected chi connectivity index (χ3v) is 9.40. The number of likely N-dealkylation sites (N-methyl/N-ethyl adjacent to an activating group) is 1. The molecule has 0 spiro atoms. The molecule has 0 saturated carbocycles. The first-order valence-corrected chi connectivity index (χ1v) is 19.2. The highest BCUT2D eigenvalue weighted by Gasteiger charge is 2.32. The molecule has 5 atom stereocenters. The number of amides is 9. The normalized spacial score (nSPS) is 22.0. The number of nitrogens with zero attached hydrogens (tertiary/aromatic N) is 1. The second kappa shape index (κ2) is 22.2. The SMILES string of the molecule is CNC(=O)C1CCCCNC(=O)CC(NC(=O)CNC(C)=O)C(=O)N[C@@H](Cc2cnc[nH]2)C(=O)NC(Cc2cccc3ccccc23)C(=O)NCC(=O)N[C@@H](C)C(=O)N1. The Labute approximate surface area is 339 Å². The number of nitrogens with one attached hydrogen (secondary N) is 10. The van der Waals surface area contributed by atoms with Gasteiger partial charge in [0.25, 0.3) is 0 Å². The van der Waals surface area contributed by atoms with Crippen molar-refractivity contribution in [2.45, 2.75) is 82.6 Å². The van der Waals surface area contributed by atoms with Crippen LogP contribution in [0.15, 0.2) is 55.0 Å². The molecule has 2 heterocycles. The monoisotopic (exact) mass is 817 g/mol. The van der Waals surface area contributed by atoms with E-state index in [1.807, 2.05) is 30.3 Å². The van der Waals surface area contributed by atoms with Crippen molar-refractivity contribution in [3.05, 3.63) is 66.2 Å². The lowest BCUT2D eigenvalue weighted by Crippen LogP contribution is -2.59. The molecule has 3 unspecified atom stereocenters. The van der Waals surface area contributed by atoms with Crippen LogP contribution in [0.3, 0.4) is 0 Å². The fourth-order valence-corrected chi connectivity index (χ4v) is 6.28. The fraction of sp³-hybridized carbons (Fsp3) is 0.436. The zero-order valence-corrected chi connectivity index (χ0v) is 33.1. The van der Waals surface area contributed by atoms with E-state index in [2.05, 4.69) is 57.8 Å². The molecule has 3 aromatic rings. The van der Waals surface area contributed by atoms with Crippen LogP contribution < -0.4 is 47.9 Å². The zero-order chi connectivity index (χ0) is 42.9. The van der Waals surface area contributed by atoms with Gasteiger partial charge in [-0.25, -0.2) is 4.98 Å². The van der Waals surface area contributed by atoms with Gasteiger partial charge in [-0.2, -0.15) is 0 Å². The lowest BCUT2D eigenvalue weighted by Gasteiger charge is -2.25. The molecular weight excluding hydrogens is 766 g/mol. The van der Waals surface area contributed by atoms with Gasteiger partial charge in [-0.1, -0.05) is 42.5 Å². The Kier molecular flexibility index (Phi) is 16.9. The Hall–Kier alpha value is -6.86. The summed E-state index contributed by atoms with van der Waals surface area (Å²) >= 11 is 0. The number of hydrogen-bond acceptors (Lipinski definition) is 10. The van der Waals surface area contributed by atoms with Crippen molar-refractivity contribution in [2.24, 2.45) is 0 Å². The largest absolute Gasteiger partial charge is 0.357 e. The molecule has 4 rings (SSSR count). The zero-order valence-electron chi connectivity index (χ0n) is 33.1. The molecule has 316 valence electrons. The highest BCUT2D eigenvalue weighted by molar-refractivity contribution is 5.98. The van der Waals surface area contributed by atoms with E-state index in [0.29, 0.717) is 24.1 Å². The standard InChI is InChI=1S/C39H51N11O9/c1-22-35(55)48-28(36(56)40-3)13-6-7-14-42-32(52)17-31(47-34(54)19-43-23(2)51)39(59)50-30(16-26-18-41-21-45-26)38(58)49-29(37(57)44-20-33(53)46-22)15-25-11-8-10-24-9-4-5-12-27(24)25/h4-5,8-12,18,21-22,28-31H,6-7,13-17,19-20H2,1-3H3,(H,40,56)(H,41,45)(H,42,52)(H,43,51)(H,44,57)(H,46,53)(H,47,54)(H,48,55)(H,49,58)(H,50,59)/t22-,28?,29?,30-,31?/m0/s1. The van der Waals surface area contributed by atoms with Crippen LogP contribution in [-0.4, -0.2) is 120 Å². The molecule has 1 aliphatic heterocycles. The summed E-state index contributed by atoms with van der Waals surface area (Å²) in [4.78, 5) is 125. The summed E-state index contributed by atoms with van der Waals surface area (Å²) in [5.74, 6) is -6.28. The lowest BCUT2D eigenvalue weighted by atomic mass is 9.98. The molecule has 1 aliphatic rings. The quantitative estimate of drug-likeness (QED) is 0.114. The maximum atomic E-state index is 14.2. The number of benzene rings is 2. The minimum Gasteiger partial charge on any atom is -0.357 e. The van der Waals surface area contributed by atoms with E-state index < -0.39 is 103 Å². The Morgan fingerprint density at radius 2 is 1.53 bits per heavy atom.